The molecule has 0 atom stereocenters. The standard InChI is InChI=1S/C20H15ClN2O3S/c1-2-9-23-14-10-12(7-8-15(14)26-11-17(23)24)22-20(25)19-18(21)13-5-3-4-6-16(13)27-19/h2-8,10H,1,9,11H2,(H,22,25). The molecule has 2 aromatic carbocycles. The smallest absolute Gasteiger partial charge is 0.267 e. The van der Waals surface area contributed by atoms with Crippen molar-refractivity contribution in [3.05, 3.63) is 65.0 Å². The maximum Gasteiger partial charge on any atom is 0.267 e. The molecule has 0 radical (unpaired) electrons. The maximum atomic E-state index is 12.7. The number of hydrogen-bond donors (Lipinski definition) is 1. The predicted octanol–water partition coefficient (Wildman–Crippen LogP) is 4.72. The fourth-order valence-corrected chi connectivity index (χ4v) is 4.37. The molecule has 2 amide bonds. The molecule has 1 aromatic heterocycles. The normalized spacial score (nSPS) is 13.2. The number of ether oxygens (including phenoxy) is 1. The van der Waals surface area contributed by atoms with Crippen LogP contribution in [0.25, 0.3) is 10.1 Å². The van der Waals surface area contributed by atoms with E-state index in [1.54, 1.807) is 29.2 Å². The summed E-state index contributed by atoms with van der Waals surface area (Å²) in [6.07, 6.45) is 1.65. The molecule has 0 spiro atoms. The molecule has 136 valence electrons. The molecule has 0 bridgehead atoms. The summed E-state index contributed by atoms with van der Waals surface area (Å²) in [5.74, 6) is 0.146. The summed E-state index contributed by atoms with van der Waals surface area (Å²) in [4.78, 5) is 26.9. The minimum Gasteiger partial charge on any atom is -0.482 e. The van der Waals surface area contributed by atoms with Crippen molar-refractivity contribution in [3.63, 3.8) is 0 Å². The highest BCUT2D eigenvalue weighted by atomic mass is 35.5. The van der Waals surface area contributed by atoms with Crippen LogP contribution in [0.15, 0.2) is 55.1 Å². The summed E-state index contributed by atoms with van der Waals surface area (Å²) in [5, 5.41) is 4.16. The third-order valence-electron chi connectivity index (χ3n) is 4.21. The maximum absolute atomic E-state index is 12.7. The second-order valence-corrected chi connectivity index (χ2v) is 7.39. The van der Waals surface area contributed by atoms with Gasteiger partial charge < -0.3 is 15.0 Å². The number of fused-ring (bicyclic) bond motifs is 2. The lowest BCUT2D eigenvalue weighted by Gasteiger charge is -2.28. The second-order valence-electron chi connectivity index (χ2n) is 5.96. The molecular formula is C20H15ClN2O3S. The van der Waals surface area contributed by atoms with Crippen molar-refractivity contribution in [2.45, 2.75) is 0 Å². The zero-order chi connectivity index (χ0) is 19.0. The Hall–Kier alpha value is -2.83. The van der Waals surface area contributed by atoms with Crippen molar-refractivity contribution in [3.8, 4) is 5.75 Å². The monoisotopic (exact) mass is 398 g/mol. The second kappa shape index (κ2) is 7.06. The number of hydrogen-bond acceptors (Lipinski definition) is 4. The first kappa shape index (κ1) is 17.6. The number of anilines is 2. The van der Waals surface area contributed by atoms with E-state index in [9.17, 15) is 9.59 Å². The van der Waals surface area contributed by atoms with Crippen molar-refractivity contribution in [2.24, 2.45) is 0 Å². The number of amides is 2. The fourth-order valence-electron chi connectivity index (χ4n) is 2.96. The van der Waals surface area contributed by atoms with Gasteiger partial charge in [0.25, 0.3) is 11.8 Å². The van der Waals surface area contributed by atoms with Gasteiger partial charge in [-0.05, 0) is 24.3 Å². The quantitative estimate of drug-likeness (QED) is 0.647. The number of carbonyl (C=O) groups excluding carboxylic acids is 2. The highest BCUT2D eigenvalue weighted by Crippen LogP contribution is 2.37. The Bertz CT molecular complexity index is 1080. The van der Waals surface area contributed by atoms with E-state index in [-0.39, 0.29) is 18.4 Å². The van der Waals surface area contributed by atoms with E-state index in [4.69, 9.17) is 16.3 Å². The highest BCUT2D eigenvalue weighted by molar-refractivity contribution is 7.21. The Labute approximate surface area is 164 Å². The first-order chi connectivity index (χ1) is 13.1. The Kier molecular flexibility index (Phi) is 4.59. The Morgan fingerprint density at radius 3 is 2.93 bits per heavy atom. The van der Waals surface area contributed by atoms with Gasteiger partial charge in [-0.15, -0.1) is 17.9 Å². The van der Waals surface area contributed by atoms with Gasteiger partial charge in [0.1, 0.15) is 10.6 Å². The van der Waals surface area contributed by atoms with Crippen LogP contribution >= 0.6 is 22.9 Å². The molecule has 3 aromatic rings. The molecule has 27 heavy (non-hydrogen) atoms. The summed E-state index contributed by atoms with van der Waals surface area (Å²) in [6, 6.07) is 12.8. The summed E-state index contributed by atoms with van der Waals surface area (Å²) in [7, 11) is 0. The SMILES string of the molecule is C=CCN1C(=O)COc2ccc(NC(=O)c3sc4ccccc4c3Cl)cc21. The Balaban J connectivity index is 1.64. The molecule has 0 aliphatic carbocycles. The van der Waals surface area contributed by atoms with E-state index < -0.39 is 0 Å². The van der Waals surface area contributed by atoms with E-state index >= 15 is 0 Å². The molecule has 4 rings (SSSR count). The number of carbonyl (C=O) groups is 2. The molecule has 1 N–H and O–H groups in total. The lowest BCUT2D eigenvalue weighted by atomic mass is 10.2. The van der Waals surface area contributed by atoms with Crippen molar-refractivity contribution in [1.82, 2.24) is 0 Å². The van der Waals surface area contributed by atoms with Crippen LogP contribution in [-0.4, -0.2) is 25.0 Å². The summed E-state index contributed by atoms with van der Waals surface area (Å²) in [6.45, 7) is 4.05. The fraction of sp³-hybridized carbons (Fsp3) is 0.100. The van der Waals surface area contributed by atoms with Gasteiger partial charge in [0.2, 0.25) is 0 Å². The average molecular weight is 399 g/mol. The lowest BCUT2D eigenvalue weighted by molar-refractivity contribution is -0.121. The van der Waals surface area contributed by atoms with Gasteiger partial charge in [0.15, 0.2) is 6.61 Å². The third kappa shape index (κ3) is 3.18. The van der Waals surface area contributed by atoms with Gasteiger partial charge in [0, 0.05) is 22.3 Å². The van der Waals surface area contributed by atoms with Crippen LogP contribution in [0.3, 0.4) is 0 Å². The van der Waals surface area contributed by atoms with Crippen molar-refractivity contribution in [1.29, 1.82) is 0 Å². The summed E-state index contributed by atoms with van der Waals surface area (Å²) < 4.78 is 6.41. The lowest BCUT2D eigenvalue weighted by Crippen LogP contribution is -2.38. The molecule has 2 heterocycles. The average Bonchev–Trinajstić information content (AvgIpc) is 3.01. The molecule has 0 saturated carbocycles. The number of nitrogens with one attached hydrogen (secondary N) is 1. The molecule has 5 nitrogen and oxygen atoms in total. The van der Waals surface area contributed by atoms with E-state index in [0.29, 0.717) is 33.6 Å². The first-order valence-corrected chi connectivity index (χ1v) is 9.44. The van der Waals surface area contributed by atoms with Crippen molar-refractivity contribution < 1.29 is 14.3 Å². The van der Waals surface area contributed by atoms with Crippen LogP contribution in [0, 0.1) is 0 Å². The molecule has 7 heteroatoms. The molecule has 0 unspecified atom stereocenters. The third-order valence-corrected chi connectivity index (χ3v) is 5.89. The van der Waals surface area contributed by atoms with Crippen LogP contribution in [0.1, 0.15) is 9.67 Å². The van der Waals surface area contributed by atoms with Gasteiger partial charge in [0.05, 0.1) is 10.7 Å². The molecule has 0 fully saturated rings. The summed E-state index contributed by atoms with van der Waals surface area (Å²) >= 11 is 7.73. The van der Waals surface area contributed by atoms with Crippen LogP contribution in [-0.2, 0) is 4.79 Å². The van der Waals surface area contributed by atoms with Gasteiger partial charge >= 0.3 is 0 Å². The van der Waals surface area contributed by atoms with E-state index in [2.05, 4.69) is 11.9 Å². The van der Waals surface area contributed by atoms with Gasteiger partial charge in [-0.25, -0.2) is 0 Å². The molecule has 1 aliphatic rings. The van der Waals surface area contributed by atoms with Crippen LogP contribution < -0.4 is 15.0 Å². The van der Waals surface area contributed by atoms with Crippen LogP contribution in [0.5, 0.6) is 5.75 Å². The van der Waals surface area contributed by atoms with Crippen molar-refractivity contribution >= 4 is 56.2 Å². The number of benzene rings is 2. The van der Waals surface area contributed by atoms with E-state index in [1.165, 1.54) is 11.3 Å². The number of halogens is 1. The number of nitrogens with zero attached hydrogens (tertiary/aromatic N) is 1. The molecule has 1 aliphatic heterocycles. The Morgan fingerprint density at radius 2 is 2.15 bits per heavy atom. The van der Waals surface area contributed by atoms with E-state index in [1.807, 2.05) is 24.3 Å². The first-order valence-electron chi connectivity index (χ1n) is 8.25. The number of thiophene rings is 1. The van der Waals surface area contributed by atoms with Gasteiger partial charge in [-0.3, -0.25) is 9.59 Å². The highest BCUT2D eigenvalue weighted by Gasteiger charge is 2.25. The van der Waals surface area contributed by atoms with Gasteiger partial charge in [-0.1, -0.05) is 35.9 Å². The molecule has 0 saturated heterocycles. The Morgan fingerprint density at radius 1 is 1.33 bits per heavy atom. The zero-order valence-corrected chi connectivity index (χ0v) is 15.8. The molecular weight excluding hydrogens is 384 g/mol. The minimum atomic E-state index is -0.292. The number of rotatable bonds is 4. The van der Waals surface area contributed by atoms with Crippen molar-refractivity contribution in [2.75, 3.05) is 23.4 Å². The summed E-state index contributed by atoms with van der Waals surface area (Å²) in [5.41, 5.74) is 1.16. The predicted molar refractivity (Wildman–Crippen MR) is 109 cm³/mol. The zero-order valence-electron chi connectivity index (χ0n) is 14.2. The van der Waals surface area contributed by atoms with Crippen LogP contribution in [0.2, 0.25) is 5.02 Å². The topological polar surface area (TPSA) is 58.6 Å². The van der Waals surface area contributed by atoms with Gasteiger partial charge in [-0.2, -0.15) is 0 Å². The van der Waals surface area contributed by atoms with Crippen LogP contribution in [0.4, 0.5) is 11.4 Å². The minimum absolute atomic E-state index is 0.00998. The van der Waals surface area contributed by atoms with E-state index in [0.717, 1.165) is 10.1 Å². The largest absolute Gasteiger partial charge is 0.482 e.